The van der Waals surface area contributed by atoms with Gasteiger partial charge in [0.05, 0.1) is 11.1 Å². The van der Waals surface area contributed by atoms with Crippen molar-refractivity contribution in [3.63, 3.8) is 0 Å². The zero-order valence-electron chi connectivity index (χ0n) is 26.8. The number of imide groups is 2. The fraction of sp³-hybridized carbons (Fsp3) is 0.676. The number of rotatable bonds is 5. The van der Waals surface area contributed by atoms with Crippen molar-refractivity contribution in [2.24, 2.45) is 5.92 Å². The molecule has 7 rings (SSSR count). The van der Waals surface area contributed by atoms with Crippen LogP contribution in [0.15, 0.2) is 18.2 Å². The third-order valence-corrected chi connectivity index (χ3v) is 11.2. The van der Waals surface area contributed by atoms with Gasteiger partial charge in [-0.05, 0) is 82.2 Å². The Bertz CT molecular complexity index is 1360. The molecule has 1 aromatic rings. The number of nitrogens with one attached hydrogen (secondary N) is 1. The van der Waals surface area contributed by atoms with Gasteiger partial charge in [-0.3, -0.25) is 34.3 Å². The van der Waals surface area contributed by atoms with Crippen molar-refractivity contribution in [2.75, 3.05) is 76.9 Å². The number of carbonyl (C=O) groups is 5. The molecule has 12 nitrogen and oxygen atoms in total. The van der Waals surface area contributed by atoms with Crippen LogP contribution in [0.3, 0.4) is 0 Å². The van der Waals surface area contributed by atoms with E-state index >= 15 is 0 Å². The van der Waals surface area contributed by atoms with Gasteiger partial charge >= 0.3 is 6.03 Å². The highest BCUT2D eigenvalue weighted by atomic mass is 16.2. The van der Waals surface area contributed by atoms with Crippen LogP contribution in [0.25, 0.3) is 0 Å². The highest BCUT2D eigenvalue weighted by molar-refractivity contribution is 6.23. The molecule has 0 saturated carbocycles. The first-order chi connectivity index (χ1) is 22.4. The maximum Gasteiger partial charge on any atom is 0.319 e. The van der Waals surface area contributed by atoms with Crippen molar-refractivity contribution in [3.05, 3.63) is 29.3 Å². The molecular formula is C34H47N7O5. The normalized spacial score (nSPS) is 26.1. The third-order valence-electron chi connectivity index (χ3n) is 11.2. The number of hydrogen-bond acceptors (Lipinski definition) is 8. The highest BCUT2D eigenvalue weighted by Crippen LogP contribution is 2.31. The van der Waals surface area contributed by atoms with Gasteiger partial charge in [-0.25, -0.2) is 4.79 Å². The van der Waals surface area contributed by atoms with Crippen LogP contribution in [0.5, 0.6) is 0 Å². The van der Waals surface area contributed by atoms with Crippen LogP contribution in [0, 0.1) is 5.92 Å². The number of anilines is 1. The first kappa shape index (κ1) is 31.1. The predicted molar refractivity (Wildman–Crippen MR) is 171 cm³/mol. The fourth-order valence-corrected chi connectivity index (χ4v) is 8.42. The first-order valence-corrected chi connectivity index (χ1v) is 17.5. The van der Waals surface area contributed by atoms with Crippen LogP contribution >= 0.6 is 0 Å². The predicted octanol–water partition coefficient (Wildman–Crippen LogP) is 1.99. The molecule has 0 spiro atoms. The summed E-state index contributed by atoms with van der Waals surface area (Å²) in [4.78, 5) is 76.1. The van der Waals surface area contributed by atoms with E-state index in [0.29, 0.717) is 23.1 Å². The maximum atomic E-state index is 13.3. The molecule has 0 bridgehead atoms. The van der Waals surface area contributed by atoms with Crippen LogP contribution in [-0.4, -0.2) is 138 Å². The number of hydrogen-bond donors (Lipinski definition) is 1. The molecule has 5 saturated heterocycles. The lowest BCUT2D eigenvalue weighted by Gasteiger charge is -2.43. The summed E-state index contributed by atoms with van der Waals surface area (Å²) in [5, 5.41) is 2.24. The largest absolute Gasteiger partial charge is 0.369 e. The second-order valence-corrected chi connectivity index (χ2v) is 14.0. The van der Waals surface area contributed by atoms with E-state index in [9.17, 15) is 24.0 Å². The molecule has 1 unspecified atom stereocenters. The van der Waals surface area contributed by atoms with Crippen molar-refractivity contribution in [1.29, 1.82) is 0 Å². The van der Waals surface area contributed by atoms with Crippen molar-refractivity contribution in [3.8, 4) is 0 Å². The Morgan fingerprint density at radius 3 is 2.04 bits per heavy atom. The van der Waals surface area contributed by atoms with Gasteiger partial charge in [0.2, 0.25) is 11.8 Å². The summed E-state index contributed by atoms with van der Waals surface area (Å²) in [6, 6.07) is 5.29. The number of likely N-dealkylation sites (tertiary alicyclic amines) is 3. The van der Waals surface area contributed by atoms with E-state index in [1.807, 2.05) is 6.07 Å². The lowest BCUT2D eigenvalue weighted by Crippen LogP contribution is -2.54. The van der Waals surface area contributed by atoms with Gasteiger partial charge in [-0.1, -0.05) is 6.42 Å². The minimum atomic E-state index is -0.955. The zero-order chi connectivity index (χ0) is 31.8. The zero-order valence-corrected chi connectivity index (χ0v) is 26.8. The molecule has 0 radical (unpaired) electrons. The molecule has 12 heteroatoms. The summed E-state index contributed by atoms with van der Waals surface area (Å²) >= 11 is 0. The second kappa shape index (κ2) is 13.3. The molecule has 6 aliphatic heterocycles. The van der Waals surface area contributed by atoms with E-state index < -0.39 is 23.8 Å². The summed E-state index contributed by atoms with van der Waals surface area (Å²) in [6.07, 6.45) is 8.55. The Kier molecular flexibility index (Phi) is 9.00. The van der Waals surface area contributed by atoms with Crippen LogP contribution in [0.1, 0.15) is 78.5 Å². The van der Waals surface area contributed by atoms with Gasteiger partial charge in [0.25, 0.3) is 11.8 Å². The molecule has 0 aliphatic carbocycles. The molecule has 6 aliphatic rings. The molecule has 0 aromatic heterocycles. The third kappa shape index (κ3) is 6.25. The average Bonchev–Trinajstić information content (AvgIpc) is 3.34. The summed E-state index contributed by atoms with van der Waals surface area (Å²) in [5.41, 5.74) is 1.53. The van der Waals surface area contributed by atoms with E-state index in [1.165, 1.54) is 32.4 Å². The lowest BCUT2D eigenvalue weighted by atomic mass is 9.95. The minimum Gasteiger partial charge on any atom is -0.369 e. The summed E-state index contributed by atoms with van der Waals surface area (Å²) in [6.45, 7) is 10.4. The van der Waals surface area contributed by atoms with Crippen LogP contribution in [-0.2, 0) is 9.59 Å². The van der Waals surface area contributed by atoms with E-state index in [4.69, 9.17) is 0 Å². The molecule has 6 heterocycles. The number of fused-ring (bicyclic) bond motifs is 1. The Balaban J connectivity index is 0.855. The number of amides is 6. The van der Waals surface area contributed by atoms with Crippen molar-refractivity contribution in [1.82, 2.24) is 29.8 Å². The van der Waals surface area contributed by atoms with Crippen molar-refractivity contribution >= 4 is 35.3 Å². The number of piperidine rings is 4. The Morgan fingerprint density at radius 2 is 1.37 bits per heavy atom. The Hall–Kier alpha value is -3.51. The standard InChI is InChI=1S/C34H47N7O5/c42-30-7-6-29(31(43)35-30)41-32(44)27-5-4-26(22-28(27)33(41)45)38-20-18-36(19-21-38)23-24-8-14-39(15-9-24)34(46)40-16-10-25(11-17-40)37-12-2-1-3-13-37/h4-5,22,24-25,29H,1-3,6-21,23H2,(H,35,42,43). The molecule has 5 fully saturated rings. The van der Waals surface area contributed by atoms with Crippen LogP contribution < -0.4 is 10.2 Å². The molecule has 1 N–H and O–H groups in total. The summed E-state index contributed by atoms with van der Waals surface area (Å²) in [5.74, 6) is -1.34. The number of benzene rings is 1. The molecular weight excluding hydrogens is 586 g/mol. The topological polar surface area (TPSA) is 117 Å². The van der Waals surface area contributed by atoms with Crippen LogP contribution in [0.4, 0.5) is 10.5 Å². The molecule has 1 atom stereocenters. The van der Waals surface area contributed by atoms with Gasteiger partial charge in [-0.2, -0.15) is 0 Å². The Morgan fingerprint density at radius 1 is 0.717 bits per heavy atom. The smallest absolute Gasteiger partial charge is 0.319 e. The minimum absolute atomic E-state index is 0.106. The molecule has 248 valence electrons. The van der Waals surface area contributed by atoms with E-state index in [2.05, 4.69) is 29.8 Å². The van der Waals surface area contributed by atoms with E-state index in [0.717, 1.165) is 95.2 Å². The van der Waals surface area contributed by atoms with Gasteiger partial charge < -0.3 is 19.6 Å². The van der Waals surface area contributed by atoms with Gasteiger partial charge in [0.1, 0.15) is 6.04 Å². The van der Waals surface area contributed by atoms with Crippen molar-refractivity contribution < 1.29 is 24.0 Å². The number of nitrogens with zero attached hydrogens (tertiary/aromatic N) is 6. The molecule has 6 amide bonds. The monoisotopic (exact) mass is 633 g/mol. The van der Waals surface area contributed by atoms with E-state index in [-0.39, 0.29) is 24.8 Å². The van der Waals surface area contributed by atoms with Crippen LogP contribution in [0.2, 0.25) is 0 Å². The number of piperazine rings is 1. The summed E-state index contributed by atoms with van der Waals surface area (Å²) < 4.78 is 0. The van der Waals surface area contributed by atoms with Gasteiger partial charge in [0, 0.05) is 77.1 Å². The van der Waals surface area contributed by atoms with Gasteiger partial charge in [0.15, 0.2) is 0 Å². The lowest BCUT2D eigenvalue weighted by molar-refractivity contribution is -0.136. The number of urea groups is 1. The van der Waals surface area contributed by atoms with E-state index in [1.54, 1.807) is 12.1 Å². The average molecular weight is 634 g/mol. The molecule has 1 aromatic carbocycles. The SMILES string of the molecule is O=C1CCC(N2C(=O)c3ccc(N4CCN(CC5CCN(C(=O)N6CCC(N7CCCCC7)CC6)CC5)CC4)cc3C2=O)C(=O)N1. The maximum absolute atomic E-state index is 13.3. The van der Waals surface area contributed by atoms with Crippen molar-refractivity contribution in [2.45, 2.75) is 69.9 Å². The summed E-state index contributed by atoms with van der Waals surface area (Å²) in [7, 11) is 0. The fourth-order valence-electron chi connectivity index (χ4n) is 8.42. The quantitative estimate of drug-likeness (QED) is 0.490. The molecule has 46 heavy (non-hydrogen) atoms. The highest BCUT2D eigenvalue weighted by Gasteiger charge is 2.45. The number of carbonyl (C=O) groups excluding carboxylic acids is 5. The first-order valence-electron chi connectivity index (χ1n) is 17.5. The Labute approximate surface area is 271 Å². The van der Waals surface area contributed by atoms with Gasteiger partial charge in [-0.15, -0.1) is 0 Å². The second-order valence-electron chi connectivity index (χ2n) is 14.0.